The van der Waals surface area contributed by atoms with Gasteiger partial charge in [-0.1, -0.05) is 43.2 Å². The van der Waals surface area contributed by atoms with Crippen LogP contribution in [0.1, 0.15) is 65.9 Å². The quantitative estimate of drug-likeness (QED) is 0.579. The van der Waals surface area contributed by atoms with Gasteiger partial charge in [-0.25, -0.2) is 0 Å². The van der Waals surface area contributed by atoms with Gasteiger partial charge in [0.1, 0.15) is 5.75 Å². The molecular formula is C25H28N2O2. The van der Waals surface area contributed by atoms with Crippen LogP contribution >= 0.6 is 0 Å². The lowest BCUT2D eigenvalue weighted by Gasteiger charge is -2.26. The summed E-state index contributed by atoms with van der Waals surface area (Å²) in [6, 6.07) is 14.5. The van der Waals surface area contributed by atoms with E-state index in [9.17, 15) is 9.90 Å². The predicted octanol–water partition coefficient (Wildman–Crippen LogP) is 5.35. The number of aromatic hydroxyl groups is 1. The van der Waals surface area contributed by atoms with Crippen molar-refractivity contribution < 1.29 is 9.90 Å². The minimum absolute atomic E-state index is 0.0519. The van der Waals surface area contributed by atoms with Gasteiger partial charge in [0.25, 0.3) is 0 Å². The van der Waals surface area contributed by atoms with Crippen LogP contribution in [-0.2, 0) is 6.54 Å². The first-order valence-corrected chi connectivity index (χ1v) is 10.6. The van der Waals surface area contributed by atoms with Crippen molar-refractivity contribution in [2.75, 3.05) is 0 Å². The molecule has 4 nitrogen and oxygen atoms in total. The van der Waals surface area contributed by atoms with Crippen molar-refractivity contribution in [2.24, 2.45) is 0 Å². The minimum atomic E-state index is 0.0519. The van der Waals surface area contributed by atoms with Gasteiger partial charge in [-0.15, -0.1) is 0 Å². The summed E-state index contributed by atoms with van der Waals surface area (Å²) >= 11 is 0. The van der Waals surface area contributed by atoms with Gasteiger partial charge in [0.2, 0.25) is 0 Å². The number of aromatic nitrogens is 1. The number of hydrogen-bond donors (Lipinski definition) is 2. The smallest absolute Gasteiger partial charge is 0.154 e. The molecule has 1 aromatic heterocycles. The Morgan fingerprint density at radius 3 is 2.62 bits per heavy atom. The van der Waals surface area contributed by atoms with Crippen molar-refractivity contribution in [3.05, 3.63) is 71.5 Å². The average molecular weight is 389 g/mol. The first-order valence-electron chi connectivity index (χ1n) is 10.6. The zero-order valence-corrected chi connectivity index (χ0v) is 16.7. The Morgan fingerprint density at radius 1 is 1.07 bits per heavy atom. The van der Waals surface area contributed by atoms with Crippen LogP contribution in [0.15, 0.2) is 54.9 Å². The van der Waals surface area contributed by atoms with Crippen LogP contribution in [0, 0.1) is 0 Å². The zero-order valence-electron chi connectivity index (χ0n) is 16.7. The molecule has 0 amide bonds. The number of phenolic OH excluding ortho intramolecular Hbond substituents is 1. The van der Waals surface area contributed by atoms with Crippen LogP contribution in [-0.4, -0.2) is 22.4 Å². The molecule has 0 spiro atoms. The predicted molar refractivity (Wildman–Crippen MR) is 116 cm³/mol. The molecule has 2 N–H and O–H groups in total. The van der Waals surface area contributed by atoms with Crippen molar-refractivity contribution in [3.63, 3.8) is 0 Å². The van der Waals surface area contributed by atoms with Gasteiger partial charge >= 0.3 is 0 Å². The molecule has 0 radical (unpaired) electrons. The van der Waals surface area contributed by atoms with Crippen LogP contribution in [0.5, 0.6) is 5.75 Å². The summed E-state index contributed by atoms with van der Waals surface area (Å²) in [5.74, 6) is 0.614. The number of benzene rings is 2. The molecule has 0 aliphatic heterocycles. The Bertz CT molecular complexity index is 961. The van der Waals surface area contributed by atoms with Crippen molar-refractivity contribution in [1.82, 2.24) is 10.3 Å². The number of carbonyl (C=O) groups is 1. The summed E-state index contributed by atoms with van der Waals surface area (Å²) in [5.41, 5.74) is 2.97. The fraction of sp³-hybridized carbons (Fsp3) is 0.360. The molecule has 150 valence electrons. The van der Waals surface area contributed by atoms with E-state index in [1.807, 2.05) is 30.6 Å². The summed E-state index contributed by atoms with van der Waals surface area (Å²) < 4.78 is 0. The van der Waals surface area contributed by atoms with Gasteiger partial charge in [-0.3, -0.25) is 9.78 Å². The molecule has 1 heterocycles. The number of fused-ring (bicyclic) bond motifs is 1. The van der Waals surface area contributed by atoms with Crippen LogP contribution in [0.25, 0.3) is 10.8 Å². The monoisotopic (exact) mass is 388 g/mol. The van der Waals surface area contributed by atoms with Crippen molar-refractivity contribution in [1.29, 1.82) is 0 Å². The molecule has 1 saturated carbocycles. The lowest BCUT2D eigenvalue weighted by molar-refractivity contribution is 0.112. The Labute approximate surface area is 172 Å². The summed E-state index contributed by atoms with van der Waals surface area (Å²) in [7, 11) is 0. The molecule has 4 heteroatoms. The molecule has 1 aliphatic rings. The van der Waals surface area contributed by atoms with Crippen molar-refractivity contribution >= 4 is 17.1 Å². The molecule has 0 saturated heterocycles. The van der Waals surface area contributed by atoms with Gasteiger partial charge < -0.3 is 10.4 Å². The van der Waals surface area contributed by atoms with Gasteiger partial charge in [0, 0.05) is 25.0 Å². The average Bonchev–Trinajstić information content (AvgIpc) is 2.73. The maximum atomic E-state index is 11.3. The fourth-order valence-electron chi connectivity index (χ4n) is 4.55. The van der Waals surface area contributed by atoms with E-state index in [0.29, 0.717) is 17.5 Å². The highest BCUT2D eigenvalue weighted by atomic mass is 16.3. The highest BCUT2D eigenvalue weighted by Gasteiger charge is 2.19. The number of pyridine rings is 1. The molecule has 3 aromatic rings. The lowest BCUT2D eigenvalue weighted by atomic mass is 9.83. The summed E-state index contributed by atoms with van der Waals surface area (Å²) in [6.45, 7) is 0.887. The lowest BCUT2D eigenvalue weighted by Crippen LogP contribution is -2.29. The molecule has 0 atom stereocenters. The third-order valence-corrected chi connectivity index (χ3v) is 6.18. The Hall–Kier alpha value is -2.72. The van der Waals surface area contributed by atoms with Crippen molar-refractivity contribution in [2.45, 2.75) is 57.0 Å². The Morgan fingerprint density at radius 2 is 1.90 bits per heavy atom. The topological polar surface area (TPSA) is 62.2 Å². The second-order valence-electron chi connectivity index (χ2n) is 8.09. The third-order valence-electron chi connectivity index (χ3n) is 6.18. The van der Waals surface area contributed by atoms with E-state index in [2.05, 4.69) is 28.5 Å². The summed E-state index contributed by atoms with van der Waals surface area (Å²) in [5, 5.41) is 15.5. The molecule has 1 aliphatic carbocycles. The summed E-state index contributed by atoms with van der Waals surface area (Å²) in [6.07, 6.45) is 11.7. The highest BCUT2D eigenvalue weighted by Crippen LogP contribution is 2.34. The summed E-state index contributed by atoms with van der Waals surface area (Å²) in [4.78, 5) is 15.5. The number of aldehydes is 1. The molecule has 4 rings (SSSR count). The van der Waals surface area contributed by atoms with Crippen LogP contribution < -0.4 is 5.32 Å². The Balaban J connectivity index is 1.39. The van der Waals surface area contributed by atoms with Gasteiger partial charge in [0.15, 0.2) is 6.29 Å². The number of rotatable bonds is 5. The Kier molecular flexibility index (Phi) is 6.20. The second kappa shape index (κ2) is 9.19. The minimum Gasteiger partial charge on any atom is -0.507 e. The highest BCUT2D eigenvalue weighted by molar-refractivity contribution is 6.00. The molecule has 2 aromatic carbocycles. The molecular weight excluding hydrogens is 360 g/mol. The maximum Gasteiger partial charge on any atom is 0.154 e. The standard InChI is InChI=1S/C25H28N2O2/c28-17-24-23-11-9-20(14-21(23)10-12-25(24)29)19-5-1-7-22(8-2-6-19)27-16-18-4-3-13-26-15-18/h3-4,9-15,17,19,22,27,29H,1-2,5-8,16H2. The van der Waals surface area contributed by atoms with Crippen molar-refractivity contribution in [3.8, 4) is 5.75 Å². The van der Waals surface area contributed by atoms with Gasteiger partial charge in [0.05, 0.1) is 5.56 Å². The van der Waals surface area contributed by atoms with E-state index in [1.54, 1.807) is 6.07 Å². The third kappa shape index (κ3) is 4.65. The van der Waals surface area contributed by atoms with Gasteiger partial charge in [-0.2, -0.15) is 0 Å². The van der Waals surface area contributed by atoms with E-state index in [1.165, 1.54) is 49.7 Å². The van der Waals surface area contributed by atoms with E-state index >= 15 is 0 Å². The number of carbonyl (C=O) groups excluding carboxylic acids is 1. The second-order valence-corrected chi connectivity index (χ2v) is 8.09. The fourth-order valence-corrected chi connectivity index (χ4v) is 4.55. The molecule has 1 fully saturated rings. The number of phenols is 1. The number of nitrogens with zero attached hydrogens (tertiary/aromatic N) is 1. The van der Waals surface area contributed by atoms with Crippen LogP contribution in [0.2, 0.25) is 0 Å². The van der Waals surface area contributed by atoms with E-state index in [0.717, 1.165) is 23.6 Å². The number of hydrogen-bond acceptors (Lipinski definition) is 4. The molecule has 0 bridgehead atoms. The van der Waals surface area contributed by atoms with E-state index in [-0.39, 0.29) is 5.75 Å². The van der Waals surface area contributed by atoms with Gasteiger partial charge in [-0.05, 0) is 65.6 Å². The van der Waals surface area contributed by atoms with Crippen LogP contribution in [0.4, 0.5) is 0 Å². The van der Waals surface area contributed by atoms with Crippen LogP contribution in [0.3, 0.4) is 0 Å². The van der Waals surface area contributed by atoms with E-state index < -0.39 is 0 Å². The first-order chi connectivity index (χ1) is 14.2. The maximum absolute atomic E-state index is 11.3. The molecule has 29 heavy (non-hydrogen) atoms. The molecule has 0 unspecified atom stereocenters. The normalized spacial score (nSPS) is 20.1. The number of nitrogens with one attached hydrogen (secondary N) is 1. The van der Waals surface area contributed by atoms with E-state index in [4.69, 9.17) is 0 Å². The zero-order chi connectivity index (χ0) is 20.1. The largest absolute Gasteiger partial charge is 0.507 e. The first kappa shape index (κ1) is 19.6. The SMILES string of the molecule is O=Cc1c(O)ccc2cc(C3CCCC(NCc4cccnc4)CCC3)ccc12.